The zero-order valence-electron chi connectivity index (χ0n) is 11.3. The number of aryl methyl sites for hydroxylation is 1. The van der Waals surface area contributed by atoms with Crippen LogP contribution in [0, 0.1) is 12.7 Å². The molecule has 0 amide bonds. The Hall–Kier alpha value is -1.31. The van der Waals surface area contributed by atoms with Gasteiger partial charge in [0.1, 0.15) is 6.10 Å². The summed E-state index contributed by atoms with van der Waals surface area (Å²) >= 11 is 0. The van der Waals surface area contributed by atoms with Gasteiger partial charge in [-0.05, 0) is 19.9 Å². The summed E-state index contributed by atoms with van der Waals surface area (Å²) in [5.41, 5.74) is 2.53. The molecule has 0 aliphatic carbocycles. The Morgan fingerprint density at radius 3 is 3.00 bits per heavy atom. The number of nitrogens with one attached hydrogen (secondary N) is 1. The van der Waals surface area contributed by atoms with Crippen LogP contribution in [-0.4, -0.2) is 41.1 Å². The zero-order chi connectivity index (χ0) is 13.8. The third-order valence-electron chi connectivity index (χ3n) is 3.15. The van der Waals surface area contributed by atoms with Crippen LogP contribution in [0.4, 0.5) is 10.2 Å². The third kappa shape index (κ3) is 3.17. The summed E-state index contributed by atoms with van der Waals surface area (Å²) in [6.45, 7) is 7.01. The largest absolute Gasteiger partial charge is 0.368 e. The maximum Gasteiger partial charge on any atom is 0.187 e. The Labute approximate surface area is 112 Å². The van der Waals surface area contributed by atoms with Gasteiger partial charge in [0.15, 0.2) is 17.5 Å². The van der Waals surface area contributed by atoms with E-state index in [1.165, 1.54) is 0 Å². The first kappa shape index (κ1) is 14.1. The van der Waals surface area contributed by atoms with Gasteiger partial charge in [-0.2, -0.15) is 0 Å². The molecule has 19 heavy (non-hydrogen) atoms. The van der Waals surface area contributed by atoms with Gasteiger partial charge in [0.05, 0.1) is 12.3 Å². The predicted molar refractivity (Wildman–Crippen MR) is 70.0 cm³/mol. The molecule has 1 aromatic rings. The number of hydrazine groups is 1. The number of morpholine rings is 1. The van der Waals surface area contributed by atoms with Crippen molar-refractivity contribution in [3.8, 4) is 0 Å². The molecule has 0 saturated carbocycles. The van der Waals surface area contributed by atoms with Gasteiger partial charge in [0, 0.05) is 13.1 Å². The van der Waals surface area contributed by atoms with Crippen molar-refractivity contribution in [2.45, 2.75) is 26.4 Å². The molecule has 6 nitrogen and oxygen atoms in total. The third-order valence-corrected chi connectivity index (χ3v) is 3.15. The molecule has 1 aliphatic rings. The van der Waals surface area contributed by atoms with Crippen molar-refractivity contribution in [2.24, 2.45) is 5.84 Å². The van der Waals surface area contributed by atoms with Crippen molar-refractivity contribution in [1.29, 1.82) is 0 Å². The van der Waals surface area contributed by atoms with Gasteiger partial charge in [-0.25, -0.2) is 20.2 Å². The van der Waals surface area contributed by atoms with Gasteiger partial charge in [-0.15, -0.1) is 0 Å². The fraction of sp³-hybridized carbons (Fsp3) is 0.667. The van der Waals surface area contributed by atoms with Crippen LogP contribution >= 0.6 is 0 Å². The number of nitrogens with zero attached hydrogens (tertiary/aromatic N) is 3. The minimum absolute atomic E-state index is 0.0127. The van der Waals surface area contributed by atoms with Gasteiger partial charge in [-0.1, -0.05) is 6.92 Å². The lowest BCUT2D eigenvalue weighted by molar-refractivity contribution is -0.0342. The lowest BCUT2D eigenvalue weighted by atomic mass is 10.2. The molecular formula is C12H20FN5O. The summed E-state index contributed by atoms with van der Waals surface area (Å²) < 4.78 is 19.3. The smallest absolute Gasteiger partial charge is 0.187 e. The summed E-state index contributed by atoms with van der Waals surface area (Å²) in [5, 5.41) is 0. The molecule has 3 N–H and O–H groups in total. The van der Waals surface area contributed by atoms with E-state index >= 15 is 0 Å². The maximum absolute atomic E-state index is 13.6. The van der Waals surface area contributed by atoms with E-state index in [1.54, 1.807) is 6.92 Å². The van der Waals surface area contributed by atoms with Crippen molar-refractivity contribution in [3.05, 3.63) is 17.3 Å². The first-order valence-corrected chi connectivity index (χ1v) is 6.50. The molecule has 1 fully saturated rings. The van der Waals surface area contributed by atoms with Crippen molar-refractivity contribution < 1.29 is 9.13 Å². The molecule has 1 aliphatic heterocycles. The number of ether oxygens (including phenoxy) is 1. The number of aromatic nitrogens is 2. The number of nitrogen functional groups attached to an aromatic ring is 1. The molecule has 0 spiro atoms. The molecule has 7 heteroatoms. The second-order valence-corrected chi connectivity index (χ2v) is 4.63. The van der Waals surface area contributed by atoms with Gasteiger partial charge in [0.2, 0.25) is 0 Å². The van der Waals surface area contributed by atoms with Crippen LogP contribution in [0.2, 0.25) is 0 Å². The van der Waals surface area contributed by atoms with Crippen LogP contribution < -0.4 is 11.3 Å². The second kappa shape index (κ2) is 6.23. The van der Waals surface area contributed by atoms with E-state index in [0.29, 0.717) is 12.4 Å². The molecule has 1 unspecified atom stereocenters. The molecule has 0 aromatic carbocycles. The van der Waals surface area contributed by atoms with E-state index in [2.05, 4.69) is 27.2 Å². The SMILES string of the molecule is CCCN1CCOC(c2nc(C)c(F)c(NN)n2)C1. The number of rotatable bonds is 4. The minimum atomic E-state index is -0.521. The summed E-state index contributed by atoms with van der Waals surface area (Å²) in [6, 6.07) is 0. The van der Waals surface area contributed by atoms with Gasteiger partial charge in [-0.3, -0.25) is 4.90 Å². The van der Waals surface area contributed by atoms with Crippen molar-refractivity contribution in [3.63, 3.8) is 0 Å². The topological polar surface area (TPSA) is 76.3 Å². The van der Waals surface area contributed by atoms with E-state index in [-0.39, 0.29) is 17.6 Å². The van der Waals surface area contributed by atoms with Crippen molar-refractivity contribution in [1.82, 2.24) is 14.9 Å². The highest BCUT2D eigenvalue weighted by Gasteiger charge is 2.25. The monoisotopic (exact) mass is 269 g/mol. The van der Waals surface area contributed by atoms with E-state index in [1.807, 2.05) is 0 Å². The Kier molecular flexibility index (Phi) is 4.62. The van der Waals surface area contributed by atoms with Crippen LogP contribution in [-0.2, 0) is 4.74 Å². The lowest BCUT2D eigenvalue weighted by Crippen LogP contribution is -2.39. The van der Waals surface area contributed by atoms with Gasteiger partial charge >= 0.3 is 0 Å². The first-order chi connectivity index (χ1) is 9.15. The Morgan fingerprint density at radius 2 is 2.32 bits per heavy atom. The van der Waals surface area contributed by atoms with Crippen LogP contribution in [0.25, 0.3) is 0 Å². The molecule has 1 aromatic heterocycles. The number of hydrogen-bond acceptors (Lipinski definition) is 6. The molecule has 106 valence electrons. The van der Waals surface area contributed by atoms with Crippen LogP contribution in [0.1, 0.15) is 31.0 Å². The van der Waals surface area contributed by atoms with Crippen LogP contribution in [0.15, 0.2) is 0 Å². The Bertz CT molecular complexity index is 440. The molecule has 1 atom stereocenters. The highest BCUT2D eigenvalue weighted by Crippen LogP contribution is 2.22. The van der Waals surface area contributed by atoms with Crippen molar-refractivity contribution in [2.75, 3.05) is 31.7 Å². The van der Waals surface area contributed by atoms with Gasteiger partial charge in [0.25, 0.3) is 0 Å². The molecule has 1 saturated heterocycles. The highest BCUT2D eigenvalue weighted by atomic mass is 19.1. The molecule has 2 heterocycles. The molecule has 2 rings (SSSR count). The van der Waals surface area contributed by atoms with Crippen LogP contribution in [0.5, 0.6) is 0 Å². The minimum Gasteiger partial charge on any atom is -0.368 e. The van der Waals surface area contributed by atoms with E-state index in [9.17, 15) is 4.39 Å². The van der Waals surface area contributed by atoms with Crippen LogP contribution in [0.3, 0.4) is 0 Å². The van der Waals surface area contributed by atoms with Gasteiger partial charge < -0.3 is 10.2 Å². The second-order valence-electron chi connectivity index (χ2n) is 4.63. The molecule has 0 bridgehead atoms. The van der Waals surface area contributed by atoms with E-state index in [0.717, 1.165) is 26.1 Å². The average Bonchev–Trinajstić information content (AvgIpc) is 2.42. The summed E-state index contributed by atoms with van der Waals surface area (Å²) in [6.07, 6.45) is 0.859. The van der Waals surface area contributed by atoms with E-state index in [4.69, 9.17) is 10.6 Å². The van der Waals surface area contributed by atoms with Crippen molar-refractivity contribution >= 4 is 5.82 Å². The number of nitrogens with two attached hydrogens (primary N) is 1. The molecular weight excluding hydrogens is 249 g/mol. The Balaban J connectivity index is 2.19. The number of halogens is 1. The zero-order valence-corrected chi connectivity index (χ0v) is 11.3. The number of anilines is 1. The average molecular weight is 269 g/mol. The maximum atomic E-state index is 13.6. The normalized spacial score (nSPS) is 20.5. The Morgan fingerprint density at radius 1 is 1.53 bits per heavy atom. The summed E-state index contributed by atoms with van der Waals surface area (Å²) in [5.74, 6) is 5.23. The predicted octanol–water partition coefficient (Wildman–Crippen LogP) is 0.993. The molecule has 0 radical (unpaired) electrons. The quantitative estimate of drug-likeness (QED) is 0.627. The highest BCUT2D eigenvalue weighted by molar-refractivity contribution is 5.36. The fourth-order valence-corrected chi connectivity index (χ4v) is 2.20. The summed E-state index contributed by atoms with van der Waals surface area (Å²) in [4.78, 5) is 10.6. The fourth-order valence-electron chi connectivity index (χ4n) is 2.20. The standard InChI is InChI=1S/C12H20FN5O/c1-3-4-18-5-6-19-9(7-18)11-15-8(2)10(13)12(16-11)17-14/h9H,3-7,14H2,1-2H3,(H,15,16,17). The first-order valence-electron chi connectivity index (χ1n) is 6.50. The number of hydrogen-bond donors (Lipinski definition) is 2. The lowest BCUT2D eigenvalue weighted by Gasteiger charge is -2.32. The summed E-state index contributed by atoms with van der Waals surface area (Å²) in [7, 11) is 0. The van der Waals surface area contributed by atoms with E-state index < -0.39 is 5.82 Å².